The fourth-order valence-corrected chi connectivity index (χ4v) is 4.01. The summed E-state index contributed by atoms with van der Waals surface area (Å²) in [7, 11) is 0. The van der Waals surface area contributed by atoms with Crippen molar-refractivity contribution in [1.82, 2.24) is 20.1 Å². The summed E-state index contributed by atoms with van der Waals surface area (Å²) in [5, 5.41) is 16.5. The minimum atomic E-state index is -0.603. The van der Waals surface area contributed by atoms with E-state index < -0.39 is 11.6 Å². The number of pyridine rings is 1. The number of nitriles is 1. The molecule has 1 fully saturated rings. The Hall–Kier alpha value is -3.80. The van der Waals surface area contributed by atoms with Gasteiger partial charge in [-0.1, -0.05) is 6.07 Å². The minimum absolute atomic E-state index is 0.0378. The van der Waals surface area contributed by atoms with Crippen molar-refractivity contribution in [1.29, 1.82) is 5.26 Å². The predicted octanol–water partition coefficient (Wildman–Crippen LogP) is 2.93. The molecule has 7 nitrogen and oxygen atoms in total. The lowest BCUT2D eigenvalue weighted by Crippen LogP contribution is -2.19. The molecule has 0 atom stereocenters. The topological polar surface area (TPSA) is 86.8 Å². The molecule has 4 heterocycles. The number of nitrogens with one attached hydrogen (secondary N) is 1. The highest BCUT2D eigenvalue weighted by Gasteiger charge is 2.29. The minimum Gasteiger partial charge on any atom is -0.353 e. The van der Waals surface area contributed by atoms with Crippen molar-refractivity contribution in [3.05, 3.63) is 58.9 Å². The highest BCUT2D eigenvalue weighted by Crippen LogP contribution is 2.32. The third kappa shape index (κ3) is 2.80. The van der Waals surface area contributed by atoms with E-state index in [0.717, 1.165) is 25.9 Å². The summed E-state index contributed by atoms with van der Waals surface area (Å²) in [5.74, 6) is -1.23. The second-order valence-electron chi connectivity index (χ2n) is 7.24. The van der Waals surface area contributed by atoms with Crippen molar-refractivity contribution >= 4 is 11.7 Å². The lowest BCUT2D eigenvalue weighted by atomic mass is 10.0. The van der Waals surface area contributed by atoms with E-state index in [4.69, 9.17) is 0 Å². The normalized spacial score (nSPS) is 15.2. The van der Waals surface area contributed by atoms with Crippen LogP contribution in [0.4, 0.5) is 14.6 Å². The molecule has 0 saturated carbocycles. The average Bonchev–Trinajstić information content (AvgIpc) is 3.47. The van der Waals surface area contributed by atoms with Crippen LogP contribution in [0.1, 0.15) is 34.5 Å². The number of carbonyl (C=O) groups excluding carboxylic acids is 1. The van der Waals surface area contributed by atoms with Crippen LogP contribution in [0.2, 0.25) is 0 Å². The Balaban J connectivity index is 1.71. The molecular weight excluding hydrogens is 390 g/mol. The fraction of sp³-hybridized carbons (Fsp3) is 0.238. The number of hydrogen-bond acceptors (Lipinski definition) is 5. The van der Waals surface area contributed by atoms with Gasteiger partial charge in [0, 0.05) is 13.1 Å². The zero-order chi connectivity index (χ0) is 20.8. The maximum absolute atomic E-state index is 14.7. The second-order valence-corrected chi connectivity index (χ2v) is 7.24. The van der Waals surface area contributed by atoms with Crippen molar-refractivity contribution in [3.8, 4) is 23.0 Å². The first-order valence-electron chi connectivity index (χ1n) is 9.58. The Morgan fingerprint density at radius 2 is 1.93 bits per heavy atom. The van der Waals surface area contributed by atoms with Crippen LogP contribution in [0.5, 0.6) is 0 Å². The van der Waals surface area contributed by atoms with Crippen LogP contribution in [-0.4, -0.2) is 33.8 Å². The lowest BCUT2D eigenvalue weighted by Gasteiger charge is -2.14. The van der Waals surface area contributed by atoms with Gasteiger partial charge in [0.15, 0.2) is 11.6 Å². The van der Waals surface area contributed by atoms with Crippen molar-refractivity contribution in [2.45, 2.75) is 19.4 Å². The first-order chi connectivity index (χ1) is 14.6. The molecule has 0 spiro atoms. The van der Waals surface area contributed by atoms with E-state index in [9.17, 15) is 18.8 Å². The Labute approximate surface area is 170 Å². The number of carbonyl (C=O) groups is 1. The van der Waals surface area contributed by atoms with E-state index in [2.05, 4.69) is 15.4 Å². The van der Waals surface area contributed by atoms with Gasteiger partial charge in [0.05, 0.1) is 52.6 Å². The molecular formula is C21H16F2N6O. The zero-order valence-corrected chi connectivity index (χ0v) is 15.8. The third-order valence-corrected chi connectivity index (χ3v) is 5.41. The van der Waals surface area contributed by atoms with Crippen LogP contribution in [0.15, 0.2) is 30.5 Å². The number of nitrogens with zero attached hydrogens (tertiary/aromatic N) is 5. The highest BCUT2D eigenvalue weighted by atomic mass is 19.1. The van der Waals surface area contributed by atoms with Crippen LogP contribution in [0, 0.1) is 23.0 Å². The summed E-state index contributed by atoms with van der Waals surface area (Å²) in [6.07, 6.45) is 3.15. The molecule has 1 saturated heterocycles. The van der Waals surface area contributed by atoms with Crippen molar-refractivity contribution in [2.24, 2.45) is 0 Å². The average molecular weight is 406 g/mol. The van der Waals surface area contributed by atoms with Crippen LogP contribution >= 0.6 is 0 Å². The first-order valence-corrected chi connectivity index (χ1v) is 9.58. The maximum atomic E-state index is 14.7. The summed E-state index contributed by atoms with van der Waals surface area (Å²) < 4.78 is 30.6. The van der Waals surface area contributed by atoms with Gasteiger partial charge in [0.2, 0.25) is 0 Å². The molecule has 0 radical (unpaired) electrons. The van der Waals surface area contributed by atoms with Crippen molar-refractivity contribution < 1.29 is 13.6 Å². The number of amides is 1. The number of fused-ring (bicyclic) bond motifs is 1. The predicted molar refractivity (Wildman–Crippen MR) is 104 cm³/mol. The van der Waals surface area contributed by atoms with Crippen LogP contribution in [0.25, 0.3) is 16.9 Å². The highest BCUT2D eigenvalue weighted by molar-refractivity contribution is 6.01. The number of hydrogen-bond donors (Lipinski definition) is 1. The van der Waals surface area contributed by atoms with Gasteiger partial charge in [-0.05, 0) is 31.0 Å². The SMILES string of the molecule is N#Cc1cccc(F)c1-c1cc(-n2cc(F)c(N3CCCC3)n2)c2c(n1)CNC2=O. The van der Waals surface area contributed by atoms with Gasteiger partial charge in [0.25, 0.3) is 5.91 Å². The molecule has 1 N–H and O–H groups in total. The van der Waals surface area contributed by atoms with Gasteiger partial charge in [-0.25, -0.2) is 18.4 Å². The molecule has 9 heteroatoms. The summed E-state index contributed by atoms with van der Waals surface area (Å²) in [4.78, 5) is 18.7. The molecule has 150 valence electrons. The van der Waals surface area contributed by atoms with Crippen LogP contribution in [-0.2, 0) is 6.54 Å². The molecule has 5 rings (SSSR count). The van der Waals surface area contributed by atoms with Crippen molar-refractivity contribution in [2.75, 3.05) is 18.0 Å². The van der Waals surface area contributed by atoms with Gasteiger partial charge in [-0.2, -0.15) is 5.26 Å². The van der Waals surface area contributed by atoms with Crippen LogP contribution < -0.4 is 10.2 Å². The second kappa shape index (κ2) is 6.91. The summed E-state index contributed by atoms with van der Waals surface area (Å²) in [5.41, 5.74) is 1.31. The molecule has 0 unspecified atom stereocenters. The third-order valence-electron chi connectivity index (χ3n) is 5.41. The summed E-state index contributed by atoms with van der Waals surface area (Å²) >= 11 is 0. The molecule has 30 heavy (non-hydrogen) atoms. The van der Waals surface area contributed by atoms with Gasteiger partial charge < -0.3 is 10.2 Å². The lowest BCUT2D eigenvalue weighted by molar-refractivity contribution is 0.0965. The summed E-state index contributed by atoms with van der Waals surface area (Å²) in [6, 6.07) is 7.63. The summed E-state index contributed by atoms with van der Waals surface area (Å²) in [6.45, 7) is 1.60. The van der Waals surface area contributed by atoms with E-state index in [1.54, 1.807) is 0 Å². The Kier molecular flexibility index (Phi) is 4.20. The van der Waals surface area contributed by atoms with Gasteiger partial charge in [0.1, 0.15) is 5.82 Å². The fourth-order valence-electron chi connectivity index (χ4n) is 4.01. The van der Waals surface area contributed by atoms with E-state index in [-0.39, 0.29) is 40.7 Å². The maximum Gasteiger partial charge on any atom is 0.255 e. The molecule has 2 aliphatic heterocycles. The Morgan fingerprint density at radius 1 is 1.13 bits per heavy atom. The zero-order valence-electron chi connectivity index (χ0n) is 15.8. The number of anilines is 1. The molecule has 0 bridgehead atoms. The van der Waals surface area contributed by atoms with Crippen LogP contribution in [0.3, 0.4) is 0 Å². The molecule has 0 aliphatic carbocycles. The number of rotatable bonds is 3. The van der Waals surface area contributed by atoms with Gasteiger partial charge in [-0.3, -0.25) is 4.79 Å². The van der Waals surface area contributed by atoms with E-state index in [1.807, 2.05) is 11.0 Å². The monoisotopic (exact) mass is 406 g/mol. The number of aromatic nitrogens is 3. The first kappa shape index (κ1) is 18.2. The number of halogens is 2. The largest absolute Gasteiger partial charge is 0.353 e. The molecule has 1 amide bonds. The molecule has 1 aromatic carbocycles. The van der Waals surface area contributed by atoms with Gasteiger partial charge in [-0.15, -0.1) is 5.10 Å². The van der Waals surface area contributed by atoms with Gasteiger partial charge >= 0.3 is 0 Å². The molecule has 2 aromatic heterocycles. The Bertz CT molecular complexity index is 1220. The standard InChI is InChI=1S/C21H16F2N6O/c22-13-5-3-4-12(9-24)18(13)15-8-17(19-16(26-15)10-25-21(19)30)29-11-14(23)20(27-29)28-6-1-2-7-28/h3-5,8,11H,1-2,6-7,10H2,(H,25,30). The van der Waals surface area contributed by atoms with E-state index in [0.29, 0.717) is 11.4 Å². The van der Waals surface area contributed by atoms with E-state index in [1.165, 1.54) is 35.1 Å². The number of benzene rings is 1. The molecule has 2 aliphatic rings. The quantitative estimate of drug-likeness (QED) is 0.723. The smallest absolute Gasteiger partial charge is 0.255 e. The Morgan fingerprint density at radius 3 is 2.70 bits per heavy atom. The molecule has 3 aromatic rings. The van der Waals surface area contributed by atoms with Crippen molar-refractivity contribution in [3.63, 3.8) is 0 Å². The van der Waals surface area contributed by atoms with E-state index >= 15 is 0 Å².